The summed E-state index contributed by atoms with van der Waals surface area (Å²) >= 11 is 0. The largest absolute Gasteiger partial charge is 0.384 e. The van der Waals surface area contributed by atoms with Crippen molar-refractivity contribution in [3.05, 3.63) is 28.8 Å². The van der Waals surface area contributed by atoms with Crippen molar-refractivity contribution < 1.29 is 4.79 Å². The molecule has 1 aliphatic carbocycles. The highest BCUT2D eigenvalue weighted by Gasteiger charge is 2.36. The quantitative estimate of drug-likeness (QED) is 0.849. The molecule has 0 saturated carbocycles. The van der Waals surface area contributed by atoms with Crippen LogP contribution in [-0.4, -0.2) is 36.5 Å². The van der Waals surface area contributed by atoms with E-state index in [1.54, 1.807) is 0 Å². The summed E-state index contributed by atoms with van der Waals surface area (Å²) < 4.78 is 0. The molecule has 0 bridgehead atoms. The van der Waals surface area contributed by atoms with Crippen molar-refractivity contribution in [3.8, 4) is 0 Å². The zero-order valence-electron chi connectivity index (χ0n) is 13.7. The van der Waals surface area contributed by atoms with Crippen molar-refractivity contribution in [2.24, 2.45) is 5.73 Å². The third-order valence-corrected chi connectivity index (χ3v) is 5.10. The maximum Gasteiger partial charge on any atom is 0.248 e. The lowest BCUT2D eigenvalue weighted by atomic mass is 9.78. The van der Waals surface area contributed by atoms with Gasteiger partial charge in [0.15, 0.2) is 0 Å². The Morgan fingerprint density at radius 1 is 1.32 bits per heavy atom. The lowest BCUT2D eigenvalue weighted by Crippen LogP contribution is -2.42. The molecule has 3 rings (SSSR count). The summed E-state index contributed by atoms with van der Waals surface area (Å²) in [4.78, 5) is 14.4. The lowest BCUT2D eigenvalue weighted by Gasteiger charge is -2.37. The van der Waals surface area contributed by atoms with E-state index in [2.05, 4.69) is 24.1 Å². The van der Waals surface area contributed by atoms with E-state index in [1.165, 1.54) is 36.1 Å². The third-order valence-electron chi connectivity index (χ3n) is 5.10. The first-order chi connectivity index (χ1) is 10.7. The molecule has 4 nitrogen and oxygen atoms in total. The molecule has 0 fully saturated rings. The number of nitrogens with two attached hydrogens (primary N) is 1. The van der Waals surface area contributed by atoms with Gasteiger partial charge in [0.2, 0.25) is 5.91 Å². The first-order valence-corrected chi connectivity index (χ1v) is 8.59. The number of hydrogen-bond acceptors (Lipinski definition) is 3. The van der Waals surface area contributed by atoms with Crippen molar-refractivity contribution in [3.63, 3.8) is 0 Å². The van der Waals surface area contributed by atoms with Gasteiger partial charge in [0.1, 0.15) is 0 Å². The van der Waals surface area contributed by atoms with Crippen molar-refractivity contribution in [1.82, 2.24) is 4.90 Å². The minimum Gasteiger partial charge on any atom is -0.384 e. The van der Waals surface area contributed by atoms with Gasteiger partial charge in [-0.1, -0.05) is 13.8 Å². The molecule has 1 heterocycles. The van der Waals surface area contributed by atoms with Gasteiger partial charge in [-0.25, -0.2) is 0 Å². The molecule has 1 aliphatic heterocycles. The molecule has 22 heavy (non-hydrogen) atoms. The number of carbonyl (C=O) groups is 1. The second-order valence-corrected chi connectivity index (χ2v) is 6.62. The Morgan fingerprint density at radius 2 is 2.05 bits per heavy atom. The molecule has 120 valence electrons. The Balaban J connectivity index is 1.95. The summed E-state index contributed by atoms with van der Waals surface area (Å²) in [6.07, 6.45) is 4.50. The lowest BCUT2D eigenvalue weighted by molar-refractivity contribution is 0.0997. The van der Waals surface area contributed by atoms with E-state index >= 15 is 0 Å². The number of amides is 1. The van der Waals surface area contributed by atoms with Gasteiger partial charge >= 0.3 is 0 Å². The number of nitrogens with one attached hydrogen (secondary N) is 1. The van der Waals surface area contributed by atoms with Crippen LogP contribution in [0, 0.1) is 0 Å². The Bertz CT molecular complexity index is 564. The van der Waals surface area contributed by atoms with E-state index in [9.17, 15) is 4.79 Å². The van der Waals surface area contributed by atoms with E-state index in [4.69, 9.17) is 5.73 Å². The minimum absolute atomic E-state index is 0.290. The standard InChI is InChI=1S/C18H27N3O/c1-3-7-21(8-4-2)13-9-12-11-20-16-6-5-14(18(19)22)15(10-13)17(12)16/h5-6,12-13,20H,3-4,7-11H2,1-2H3,(H2,19,22)/t12-,13-/m0/s1. The van der Waals surface area contributed by atoms with Crippen molar-refractivity contribution >= 4 is 11.6 Å². The van der Waals surface area contributed by atoms with Crippen LogP contribution < -0.4 is 11.1 Å². The van der Waals surface area contributed by atoms with Gasteiger partial charge < -0.3 is 16.0 Å². The number of anilines is 1. The molecule has 1 aromatic carbocycles. The van der Waals surface area contributed by atoms with Crippen LogP contribution >= 0.6 is 0 Å². The van der Waals surface area contributed by atoms with Gasteiger partial charge in [0.05, 0.1) is 0 Å². The fourth-order valence-corrected chi connectivity index (χ4v) is 4.25. The summed E-state index contributed by atoms with van der Waals surface area (Å²) in [6.45, 7) is 7.75. The van der Waals surface area contributed by atoms with E-state index < -0.39 is 0 Å². The van der Waals surface area contributed by atoms with Gasteiger partial charge in [0, 0.05) is 29.8 Å². The Hall–Kier alpha value is -1.55. The smallest absolute Gasteiger partial charge is 0.248 e. The first kappa shape index (κ1) is 15.3. The van der Waals surface area contributed by atoms with Gasteiger partial charge in [-0.3, -0.25) is 4.79 Å². The second-order valence-electron chi connectivity index (χ2n) is 6.62. The number of benzene rings is 1. The van der Waals surface area contributed by atoms with Gasteiger partial charge in [0.25, 0.3) is 0 Å². The molecule has 0 saturated heterocycles. The van der Waals surface area contributed by atoms with Gasteiger partial charge in [-0.05, 0) is 62.0 Å². The van der Waals surface area contributed by atoms with Crippen LogP contribution in [0.3, 0.4) is 0 Å². The molecule has 3 N–H and O–H groups in total. The summed E-state index contributed by atoms with van der Waals surface area (Å²) in [7, 11) is 0. The number of carbonyl (C=O) groups excluding carboxylic acids is 1. The number of hydrogen-bond donors (Lipinski definition) is 2. The van der Waals surface area contributed by atoms with Crippen LogP contribution in [0.25, 0.3) is 0 Å². The molecular weight excluding hydrogens is 274 g/mol. The molecule has 2 aliphatic rings. The van der Waals surface area contributed by atoms with Crippen LogP contribution in [0.1, 0.15) is 60.5 Å². The van der Waals surface area contributed by atoms with E-state index in [1.807, 2.05) is 12.1 Å². The molecule has 0 radical (unpaired) electrons. The fourth-order valence-electron chi connectivity index (χ4n) is 4.25. The number of rotatable bonds is 6. The first-order valence-electron chi connectivity index (χ1n) is 8.59. The monoisotopic (exact) mass is 301 g/mol. The van der Waals surface area contributed by atoms with Crippen LogP contribution in [0.5, 0.6) is 0 Å². The SMILES string of the molecule is CCCN(CCC)[C@@H]1Cc2c(C(N)=O)ccc3c2[C@H](CN3)C1. The zero-order valence-corrected chi connectivity index (χ0v) is 13.7. The van der Waals surface area contributed by atoms with Crippen LogP contribution in [0.15, 0.2) is 12.1 Å². The predicted molar refractivity (Wildman–Crippen MR) is 90.5 cm³/mol. The van der Waals surface area contributed by atoms with Gasteiger partial charge in [-0.15, -0.1) is 0 Å². The van der Waals surface area contributed by atoms with Crippen LogP contribution in [0.2, 0.25) is 0 Å². The van der Waals surface area contributed by atoms with Crippen LogP contribution in [0.4, 0.5) is 5.69 Å². The maximum absolute atomic E-state index is 11.8. The van der Waals surface area contributed by atoms with Crippen molar-refractivity contribution in [2.75, 3.05) is 25.0 Å². The van der Waals surface area contributed by atoms with Gasteiger partial charge in [-0.2, -0.15) is 0 Å². The highest BCUT2D eigenvalue weighted by atomic mass is 16.1. The molecule has 0 unspecified atom stereocenters. The number of primary amides is 1. The average Bonchev–Trinajstić information content (AvgIpc) is 2.91. The highest BCUT2D eigenvalue weighted by Crippen LogP contribution is 2.43. The summed E-state index contributed by atoms with van der Waals surface area (Å²) in [5, 5.41) is 3.50. The summed E-state index contributed by atoms with van der Waals surface area (Å²) in [5.74, 6) is 0.237. The normalized spacial score (nSPS) is 22.5. The molecule has 0 aromatic heterocycles. The molecule has 0 spiro atoms. The molecular formula is C18H27N3O. The molecule has 4 heteroatoms. The van der Waals surface area contributed by atoms with E-state index in [0.717, 1.165) is 31.6 Å². The summed E-state index contributed by atoms with van der Waals surface area (Å²) in [6, 6.07) is 4.46. The fraction of sp³-hybridized carbons (Fsp3) is 0.611. The molecule has 1 amide bonds. The molecule has 1 aromatic rings. The average molecular weight is 301 g/mol. The zero-order chi connectivity index (χ0) is 15.7. The Morgan fingerprint density at radius 3 is 2.68 bits per heavy atom. The van der Waals surface area contributed by atoms with E-state index in [0.29, 0.717) is 12.0 Å². The van der Waals surface area contributed by atoms with Crippen molar-refractivity contribution in [2.45, 2.75) is 51.5 Å². The summed E-state index contributed by atoms with van der Waals surface area (Å²) in [5.41, 5.74) is 10.1. The topological polar surface area (TPSA) is 58.4 Å². The number of nitrogens with zero attached hydrogens (tertiary/aromatic N) is 1. The highest BCUT2D eigenvalue weighted by molar-refractivity contribution is 5.96. The Labute approximate surface area is 133 Å². The van der Waals surface area contributed by atoms with Crippen molar-refractivity contribution in [1.29, 1.82) is 0 Å². The third kappa shape index (κ3) is 2.60. The maximum atomic E-state index is 11.8. The Kier molecular flexibility index (Phi) is 4.39. The molecule has 2 atom stereocenters. The van der Waals surface area contributed by atoms with Crippen LogP contribution in [-0.2, 0) is 6.42 Å². The second kappa shape index (κ2) is 6.29. The van der Waals surface area contributed by atoms with E-state index in [-0.39, 0.29) is 5.91 Å². The predicted octanol–water partition coefficient (Wildman–Crippen LogP) is 2.73. The minimum atomic E-state index is -0.290.